The van der Waals surface area contributed by atoms with E-state index in [0.717, 1.165) is 0 Å². The molecule has 0 saturated carbocycles. The Bertz CT molecular complexity index is 984. The summed E-state index contributed by atoms with van der Waals surface area (Å²) in [6, 6.07) is 4.96. The summed E-state index contributed by atoms with van der Waals surface area (Å²) in [5.41, 5.74) is 8.53. The zero-order valence-electron chi connectivity index (χ0n) is 13.2. The Balaban J connectivity index is 2.05. The molecule has 27 heavy (non-hydrogen) atoms. The normalized spacial score (nSPS) is 12.4. The third-order valence-electron chi connectivity index (χ3n) is 3.51. The number of hydrogen-bond donors (Lipinski definition) is 2. The van der Waals surface area contributed by atoms with E-state index in [9.17, 15) is 26.3 Å². The molecule has 11 heteroatoms. The Kier molecular flexibility index (Phi) is 4.25. The van der Waals surface area contributed by atoms with Crippen molar-refractivity contribution >= 4 is 22.7 Å². The lowest BCUT2D eigenvalue weighted by atomic mass is 10.1. The van der Waals surface area contributed by atoms with Crippen LogP contribution in [0.5, 0.6) is 11.5 Å². The van der Waals surface area contributed by atoms with Crippen LogP contribution in [0, 0.1) is 0 Å². The number of nitrogens with two attached hydrogens (primary N) is 2. The quantitative estimate of drug-likeness (QED) is 0.626. The molecule has 0 aliphatic carbocycles. The van der Waals surface area contributed by atoms with Gasteiger partial charge in [0.2, 0.25) is 5.95 Å². The first-order valence-electron chi connectivity index (χ1n) is 7.23. The monoisotopic (exact) mass is 388 g/mol. The number of anilines is 2. The molecular weight excluding hydrogens is 378 g/mol. The summed E-state index contributed by atoms with van der Waals surface area (Å²) in [6.07, 6.45) is -9.95. The molecule has 1 aromatic heterocycles. The average Bonchev–Trinajstić information content (AvgIpc) is 2.53. The number of fused-ring (bicyclic) bond motifs is 1. The van der Waals surface area contributed by atoms with Gasteiger partial charge >= 0.3 is 12.4 Å². The van der Waals surface area contributed by atoms with Crippen molar-refractivity contribution in [1.82, 2.24) is 9.97 Å². The van der Waals surface area contributed by atoms with Crippen LogP contribution in [-0.4, -0.2) is 9.97 Å². The Morgan fingerprint density at radius 3 is 1.89 bits per heavy atom. The van der Waals surface area contributed by atoms with Crippen molar-refractivity contribution in [1.29, 1.82) is 0 Å². The van der Waals surface area contributed by atoms with E-state index < -0.39 is 29.2 Å². The Labute approximate surface area is 147 Å². The predicted molar refractivity (Wildman–Crippen MR) is 84.9 cm³/mol. The van der Waals surface area contributed by atoms with E-state index in [0.29, 0.717) is 17.6 Å². The number of rotatable bonds is 2. The van der Waals surface area contributed by atoms with E-state index >= 15 is 0 Å². The Morgan fingerprint density at radius 1 is 0.741 bits per heavy atom. The highest BCUT2D eigenvalue weighted by molar-refractivity contribution is 5.90. The van der Waals surface area contributed by atoms with E-state index in [1.54, 1.807) is 0 Å². The molecule has 0 atom stereocenters. The van der Waals surface area contributed by atoms with Gasteiger partial charge in [-0.3, -0.25) is 0 Å². The maximum atomic E-state index is 12.9. The van der Waals surface area contributed by atoms with Gasteiger partial charge in [0.25, 0.3) is 0 Å². The second-order valence-corrected chi connectivity index (χ2v) is 5.49. The molecule has 142 valence electrons. The average molecular weight is 388 g/mol. The third kappa shape index (κ3) is 3.96. The predicted octanol–water partition coefficient (Wildman–Crippen LogP) is 4.62. The smallest absolute Gasteiger partial charge is 0.416 e. The van der Waals surface area contributed by atoms with Crippen LogP contribution in [-0.2, 0) is 12.4 Å². The van der Waals surface area contributed by atoms with Gasteiger partial charge in [-0.25, -0.2) is 4.98 Å². The largest absolute Gasteiger partial charge is 0.457 e. The van der Waals surface area contributed by atoms with E-state index in [-0.39, 0.29) is 29.0 Å². The van der Waals surface area contributed by atoms with Gasteiger partial charge in [-0.2, -0.15) is 31.3 Å². The summed E-state index contributed by atoms with van der Waals surface area (Å²) >= 11 is 0. The van der Waals surface area contributed by atoms with Crippen LogP contribution in [0.25, 0.3) is 10.9 Å². The number of nitrogens with zero attached hydrogens (tertiary/aromatic N) is 2. The summed E-state index contributed by atoms with van der Waals surface area (Å²) in [5, 5.41) is 0.282. The summed E-state index contributed by atoms with van der Waals surface area (Å²) in [4.78, 5) is 7.65. The van der Waals surface area contributed by atoms with Gasteiger partial charge in [0, 0.05) is 5.39 Å². The lowest BCUT2D eigenvalue weighted by Crippen LogP contribution is -2.11. The van der Waals surface area contributed by atoms with Crippen molar-refractivity contribution < 1.29 is 31.1 Å². The molecule has 0 amide bonds. The molecule has 0 aliphatic rings. The topological polar surface area (TPSA) is 87.0 Å². The number of alkyl halides is 6. The summed E-state index contributed by atoms with van der Waals surface area (Å²) in [7, 11) is 0. The number of benzene rings is 2. The van der Waals surface area contributed by atoms with Crippen molar-refractivity contribution in [2.75, 3.05) is 11.5 Å². The zero-order valence-corrected chi connectivity index (χ0v) is 13.2. The second kappa shape index (κ2) is 6.18. The van der Waals surface area contributed by atoms with Crippen LogP contribution >= 0.6 is 0 Å². The first-order valence-corrected chi connectivity index (χ1v) is 7.23. The molecule has 1 heterocycles. The Hall–Kier alpha value is -3.24. The van der Waals surface area contributed by atoms with Gasteiger partial charge in [-0.15, -0.1) is 0 Å². The fraction of sp³-hybridized carbons (Fsp3) is 0.125. The minimum atomic E-state index is -4.97. The number of hydrogen-bond acceptors (Lipinski definition) is 5. The molecule has 0 fully saturated rings. The van der Waals surface area contributed by atoms with Crippen LogP contribution in [0.4, 0.5) is 38.1 Å². The van der Waals surface area contributed by atoms with Crippen molar-refractivity contribution in [2.24, 2.45) is 0 Å². The van der Waals surface area contributed by atoms with Crippen molar-refractivity contribution in [3.8, 4) is 11.5 Å². The minimum absolute atomic E-state index is 0.0111. The number of halogens is 6. The molecular formula is C16H10F6N4O. The summed E-state index contributed by atoms with van der Waals surface area (Å²) < 4.78 is 82.6. The van der Waals surface area contributed by atoms with Gasteiger partial charge in [0.05, 0.1) is 16.6 Å². The van der Waals surface area contributed by atoms with Gasteiger partial charge < -0.3 is 16.2 Å². The van der Waals surface area contributed by atoms with E-state index in [4.69, 9.17) is 16.2 Å². The first kappa shape index (κ1) is 18.5. The van der Waals surface area contributed by atoms with Crippen LogP contribution in [0.15, 0.2) is 36.4 Å². The second-order valence-electron chi connectivity index (χ2n) is 5.49. The minimum Gasteiger partial charge on any atom is -0.457 e. The molecule has 0 radical (unpaired) electrons. The fourth-order valence-corrected chi connectivity index (χ4v) is 2.33. The van der Waals surface area contributed by atoms with Gasteiger partial charge in [-0.1, -0.05) is 0 Å². The van der Waals surface area contributed by atoms with E-state index in [1.807, 2.05) is 0 Å². The van der Waals surface area contributed by atoms with Crippen molar-refractivity contribution in [3.05, 3.63) is 47.5 Å². The maximum Gasteiger partial charge on any atom is 0.416 e. The van der Waals surface area contributed by atoms with Gasteiger partial charge in [-0.05, 0) is 36.4 Å². The number of nitrogen functional groups attached to an aromatic ring is 2. The molecule has 5 nitrogen and oxygen atoms in total. The van der Waals surface area contributed by atoms with Gasteiger partial charge in [0.15, 0.2) is 0 Å². The summed E-state index contributed by atoms with van der Waals surface area (Å²) in [5.74, 6) is -0.772. The SMILES string of the molecule is Nc1nc(N)c2cc(Oc3cc(C(F)(F)F)cc(C(F)(F)F)c3)ccc2n1. The molecule has 0 aliphatic heterocycles. The summed E-state index contributed by atoms with van der Waals surface area (Å²) in [6.45, 7) is 0. The number of aromatic nitrogens is 2. The van der Waals surface area contributed by atoms with E-state index in [2.05, 4.69) is 9.97 Å². The van der Waals surface area contributed by atoms with Crippen LogP contribution in [0.2, 0.25) is 0 Å². The molecule has 2 aromatic carbocycles. The Morgan fingerprint density at radius 2 is 1.33 bits per heavy atom. The lowest BCUT2D eigenvalue weighted by Gasteiger charge is -2.15. The third-order valence-corrected chi connectivity index (χ3v) is 3.51. The molecule has 0 bridgehead atoms. The molecule has 3 aromatic rings. The first-order chi connectivity index (χ1) is 12.4. The molecule has 4 N–H and O–H groups in total. The van der Waals surface area contributed by atoms with Gasteiger partial charge in [0.1, 0.15) is 17.3 Å². The fourth-order valence-electron chi connectivity index (χ4n) is 2.33. The molecule has 0 unspecified atom stereocenters. The molecule has 3 rings (SSSR count). The van der Waals surface area contributed by atoms with E-state index in [1.165, 1.54) is 18.2 Å². The highest BCUT2D eigenvalue weighted by Gasteiger charge is 2.37. The van der Waals surface area contributed by atoms with Crippen LogP contribution < -0.4 is 16.2 Å². The maximum absolute atomic E-state index is 12.9. The molecule has 0 spiro atoms. The van der Waals surface area contributed by atoms with Crippen LogP contribution in [0.3, 0.4) is 0 Å². The highest BCUT2D eigenvalue weighted by atomic mass is 19.4. The molecule has 0 saturated heterocycles. The highest BCUT2D eigenvalue weighted by Crippen LogP contribution is 2.39. The van der Waals surface area contributed by atoms with Crippen molar-refractivity contribution in [3.63, 3.8) is 0 Å². The zero-order chi connectivity index (χ0) is 20.0. The standard InChI is InChI=1S/C16H10F6N4O/c17-15(18,19)7-3-8(16(20,21)22)5-10(4-7)27-9-1-2-12-11(6-9)13(23)26-14(24)25-12/h1-6H,(H4,23,24,25,26). The lowest BCUT2D eigenvalue weighted by molar-refractivity contribution is -0.143. The van der Waals surface area contributed by atoms with Crippen LogP contribution in [0.1, 0.15) is 11.1 Å². The number of ether oxygens (including phenoxy) is 1. The van der Waals surface area contributed by atoms with Crippen molar-refractivity contribution in [2.45, 2.75) is 12.4 Å².